The highest BCUT2D eigenvalue weighted by Gasteiger charge is 2.08. The van der Waals surface area contributed by atoms with Crippen LogP contribution in [0.2, 0.25) is 5.02 Å². The molecule has 0 heterocycles. The molecule has 0 unspecified atom stereocenters. The van der Waals surface area contributed by atoms with Crippen molar-refractivity contribution >= 4 is 42.4 Å². The van der Waals surface area contributed by atoms with Crippen LogP contribution in [0.25, 0.3) is 0 Å². The Labute approximate surface area is 92.2 Å². The quantitative estimate of drug-likeness (QED) is 0.799. The van der Waals surface area contributed by atoms with E-state index in [0.717, 1.165) is 0 Å². The molecule has 74 valence electrons. The van der Waals surface area contributed by atoms with Crippen molar-refractivity contribution in [1.29, 1.82) is 0 Å². The molecule has 0 aliphatic carbocycles. The maximum absolute atomic E-state index is 10.4. The normalized spacial score (nSPS) is 8.08. The largest absolute Gasteiger partial charge is 0.507 e. The van der Waals surface area contributed by atoms with E-state index in [1.54, 1.807) is 0 Å². The van der Waals surface area contributed by atoms with Crippen molar-refractivity contribution < 1.29 is 15.0 Å². The van der Waals surface area contributed by atoms with E-state index in [9.17, 15) is 4.79 Å². The third-order valence-electron chi connectivity index (χ3n) is 1.19. The van der Waals surface area contributed by atoms with Crippen molar-refractivity contribution in [3.63, 3.8) is 0 Å². The van der Waals surface area contributed by atoms with Gasteiger partial charge in [-0.1, -0.05) is 11.6 Å². The van der Waals surface area contributed by atoms with E-state index in [1.165, 1.54) is 18.2 Å². The third-order valence-corrected chi connectivity index (χ3v) is 1.42. The molecule has 0 saturated carbocycles. The summed E-state index contributed by atoms with van der Waals surface area (Å²) >= 11 is 5.49. The zero-order chi connectivity index (χ0) is 8.43. The first kappa shape index (κ1) is 14.9. The van der Waals surface area contributed by atoms with E-state index in [-0.39, 0.29) is 36.1 Å². The maximum Gasteiger partial charge on any atom is 0.339 e. The average Bonchev–Trinajstić information content (AvgIpc) is 1.94. The molecule has 0 aliphatic heterocycles. The van der Waals surface area contributed by atoms with Crippen LogP contribution in [0.15, 0.2) is 18.2 Å². The maximum atomic E-state index is 10.4. The van der Waals surface area contributed by atoms with Crippen LogP contribution in [0.1, 0.15) is 10.4 Å². The molecule has 0 aliphatic rings. The highest BCUT2D eigenvalue weighted by molar-refractivity contribution is 6.31. The minimum absolute atomic E-state index is 0. The molecule has 1 aromatic rings. The summed E-state index contributed by atoms with van der Waals surface area (Å²) in [7, 11) is 0. The monoisotopic (exact) mass is 244 g/mol. The summed E-state index contributed by atoms with van der Waals surface area (Å²) < 4.78 is 0. The first-order chi connectivity index (χ1) is 5.11. The first-order valence-electron chi connectivity index (χ1n) is 2.83. The first-order valence-corrected chi connectivity index (χ1v) is 3.21. The minimum atomic E-state index is -1.19. The zero-order valence-electron chi connectivity index (χ0n) is 6.23. The van der Waals surface area contributed by atoms with Gasteiger partial charge in [-0.25, -0.2) is 4.79 Å². The summed E-state index contributed by atoms with van der Waals surface area (Å²) in [5.41, 5.74) is -0.183. The molecule has 0 amide bonds. The Morgan fingerprint density at radius 1 is 1.31 bits per heavy atom. The van der Waals surface area contributed by atoms with Crippen LogP contribution in [-0.2, 0) is 0 Å². The van der Waals surface area contributed by atoms with Crippen molar-refractivity contribution in [3.05, 3.63) is 28.8 Å². The Kier molecular flexibility index (Phi) is 6.76. The van der Waals surface area contributed by atoms with Gasteiger partial charge in [-0.15, -0.1) is 24.8 Å². The van der Waals surface area contributed by atoms with Gasteiger partial charge in [-0.05, 0) is 18.2 Å². The molecule has 3 nitrogen and oxygen atoms in total. The fourth-order valence-electron chi connectivity index (χ4n) is 0.680. The van der Waals surface area contributed by atoms with E-state index in [2.05, 4.69) is 0 Å². The fraction of sp³-hybridized carbons (Fsp3) is 0. The molecular formula is C7H7Cl3O3. The molecular weight excluding hydrogens is 238 g/mol. The Morgan fingerprint density at radius 3 is 2.23 bits per heavy atom. The van der Waals surface area contributed by atoms with Crippen molar-refractivity contribution in [2.75, 3.05) is 0 Å². The van der Waals surface area contributed by atoms with Gasteiger partial charge < -0.3 is 10.2 Å². The fourth-order valence-corrected chi connectivity index (χ4v) is 0.852. The Balaban J connectivity index is 0. The van der Waals surface area contributed by atoms with Gasteiger partial charge in [0.15, 0.2) is 0 Å². The number of phenols is 1. The van der Waals surface area contributed by atoms with Gasteiger partial charge in [0, 0.05) is 5.02 Å². The van der Waals surface area contributed by atoms with Gasteiger partial charge >= 0.3 is 5.97 Å². The highest BCUT2D eigenvalue weighted by atomic mass is 35.5. The third kappa shape index (κ3) is 3.72. The van der Waals surface area contributed by atoms with Crippen molar-refractivity contribution in [1.82, 2.24) is 0 Å². The van der Waals surface area contributed by atoms with Crippen molar-refractivity contribution in [2.45, 2.75) is 0 Å². The topological polar surface area (TPSA) is 57.5 Å². The van der Waals surface area contributed by atoms with Gasteiger partial charge in [0.25, 0.3) is 0 Å². The highest BCUT2D eigenvalue weighted by Crippen LogP contribution is 2.20. The molecule has 6 heteroatoms. The molecule has 0 bridgehead atoms. The second kappa shape index (κ2) is 5.91. The van der Waals surface area contributed by atoms with Gasteiger partial charge in [-0.3, -0.25) is 0 Å². The second-order valence-corrected chi connectivity index (χ2v) is 2.40. The Morgan fingerprint density at radius 2 is 1.85 bits per heavy atom. The van der Waals surface area contributed by atoms with Gasteiger partial charge in [0.2, 0.25) is 0 Å². The lowest BCUT2D eigenvalue weighted by molar-refractivity contribution is 0.0694. The van der Waals surface area contributed by atoms with E-state index in [1.807, 2.05) is 0 Å². The zero-order valence-corrected chi connectivity index (χ0v) is 8.62. The lowest BCUT2D eigenvalue weighted by atomic mass is 10.2. The Hall–Kier alpha value is -0.640. The molecule has 0 fully saturated rings. The SMILES string of the molecule is Cl.Cl.O=C(O)c1cc(Cl)ccc1O. The summed E-state index contributed by atoms with van der Waals surface area (Å²) in [6.45, 7) is 0. The molecule has 0 atom stereocenters. The van der Waals surface area contributed by atoms with Crippen LogP contribution < -0.4 is 0 Å². The van der Waals surface area contributed by atoms with Crippen molar-refractivity contribution in [3.8, 4) is 5.75 Å². The van der Waals surface area contributed by atoms with Crippen molar-refractivity contribution in [2.24, 2.45) is 0 Å². The van der Waals surface area contributed by atoms with Crippen LogP contribution in [0.5, 0.6) is 5.75 Å². The van der Waals surface area contributed by atoms with E-state index < -0.39 is 5.97 Å². The molecule has 2 N–H and O–H groups in total. The molecule has 0 radical (unpaired) electrons. The van der Waals surface area contributed by atoms with Crippen LogP contribution >= 0.6 is 36.4 Å². The Bertz CT molecular complexity index is 301. The number of aromatic carboxylic acids is 1. The molecule has 13 heavy (non-hydrogen) atoms. The predicted molar refractivity (Wildman–Crippen MR) is 54.6 cm³/mol. The average molecular weight is 245 g/mol. The molecule has 0 aromatic heterocycles. The number of rotatable bonds is 1. The number of hydrogen-bond donors (Lipinski definition) is 2. The summed E-state index contributed by atoms with van der Waals surface area (Å²) in [4.78, 5) is 10.4. The van der Waals surface area contributed by atoms with E-state index >= 15 is 0 Å². The predicted octanol–water partition coefficient (Wildman–Crippen LogP) is 2.59. The summed E-state index contributed by atoms with van der Waals surface area (Å²) in [6.07, 6.45) is 0. The summed E-state index contributed by atoms with van der Waals surface area (Å²) in [6, 6.07) is 3.86. The summed E-state index contributed by atoms with van der Waals surface area (Å²) in [5.74, 6) is -1.47. The van der Waals surface area contributed by atoms with Crippen LogP contribution in [-0.4, -0.2) is 16.2 Å². The van der Waals surface area contributed by atoms with Crippen LogP contribution in [0, 0.1) is 0 Å². The molecule has 0 spiro atoms. The standard InChI is InChI=1S/C7H5ClO3.2ClH/c8-4-1-2-6(9)5(3-4)7(10)11;;/h1-3,9H,(H,10,11);2*1H. The molecule has 1 aromatic carbocycles. The number of hydrogen-bond acceptors (Lipinski definition) is 2. The minimum Gasteiger partial charge on any atom is -0.507 e. The molecule has 1 rings (SSSR count). The number of carboxylic acids is 1. The number of carbonyl (C=O) groups is 1. The van der Waals surface area contributed by atoms with Gasteiger partial charge in [0.05, 0.1) is 0 Å². The van der Waals surface area contributed by atoms with Gasteiger partial charge in [-0.2, -0.15) is 0 Å². The lowest BCUT2D eigenvalue weighted by Crippen LogP contribution is -1.95. The van der Waals surface area contributed by atoms with Crippen LogP contribution in [0.4, 0.5) is 0 Å². The smallest absolute Gasteiger partial charge is 0.339 e. The van der Waals surface area contributed by atoms with Gasteiger partial charge in [0.1, 0.15) is 11.3 Å². The summed E-state index contributed by atoms with van der Waals surface area (Å²) in [5, 5.41) is 17.7. The van der Waals surface area contributed by atoms with E-state index in [0.29, 0.717) is 5.02 Å². The number of halogens is 3. The number of aromatic hydroxyl groups is 1. The van der Waals surface area contributed by atoms with Crippen LogP contribution in [0.3, 0.4) is 0 Å². The number of benzene rings is 1. The molecule has 0 saturated heterocycles. The van der Waals surface area contributed by atoms with E-state index in [4.69, 9.17) is 21.8 Å². The lowest BCUT2D eigenvalue weighted by Gasteiger charge is -1.97. The number of carboxylic acid groups (broad SMARTS) is 1. The second-order valence-electron chi connectivity index (χ2n) is 1.97.